The van der Waals surface area contributed by atoms with E-state index in [4.69, 9.17) is 0 Å². The van der Waals surface area contributed by atoms with E-state index in [1.165, 1.54) is 0 Å². The molecular formula is C10H16N2O3. The lowest BCUT2D eigenvalue weighted by molar-refractivity contribution is -0.141. The van der Waals surface area contributed by atoms with Crippen molar-refractivity contribution in [2.75, 3.05) is 0 Å². The summed E-state index contributed by atoms with van der Waals surface area (Å²) < 4.78 is 0. The number of nitrogens with zero attached hydrogens (tertiary/aromatic N) is 1. The zero-order chi connectivity index (χ0) is 11.6. The average Bonchev–Trinajstić information content (AvgIpc) is 2.41. The molecule has 0 aliphatic carbocycles. The van der Waals surface area contributed by atoms with Crippen LogP contribution in [0.5, 0.6) is 0 Å². The highest BCUT2D eigenvalue weighted by atomic mass is 16.2. The maximum Gasteiger partial charge on any atom is 0.331 e. The number of nitrogens with one attached hydrogen (secondary N) is 1. The molecule has 1 aliphatic heterocycles. The van der Waals surface area contributed by atoms with Crippen LogP contribution in [0.4, 0.5) is 4.79 Å². The second-order valence-electron chi connectivity index (χ2n) is 4.03. The molecular weight excluding hydrogens is 196 g/mol. The molecule has 2 atom stereocenters. The van der Waals surface area contributed by atoms with Gasteiger partial charge in [-0.1, -0.05) is 20.3 Å². The van der Waals surface area contributed by atoms with Crippen molar-refractivity contribution >= 4 is 17.8 Å². The van der Waals surface area contributed by atoms with Gasteiger partial charge in [-0.05, 0) is 19.3 Å². The topological polar surface area (TPSA) is 66.5 Å². The van der Waals surface area contributed by atoms with Crippen LogP contribution >= 0.6 is 0 Å². The summed E-state index contributed by atoms with van der Waals surface area (Å²) in [6, 6.07) is -0.820. The molecule has 0 aromatic rings. The van der Waals surface area contributed by atoms with E-state index in [1.807, 2.05) is 5.32 Å². The molecule has 1 rings (SSSR count). The van der Waals surface area contributed by atoms with Crippen molar-refractivity contribution in [1.82, 2.24) is 10.2 Å². The Balaban J connectivity index is 2.67. The minimum absolute atomic E-state index is 0.223. The molecule has 0 bridgehead atoms. The van der Waals surface area contributed by atoms with E-state index in [0.717, 1.165) is 17.7 Å². The van der Waals surface area contributed by atoms with E-state index >= 15 is 0 Å². The number of imide groups is 2. The van der Waals surface area contributed by atoms with Crippen LogP contribution in [0.2, 0.25) is 0 Å². The molecule has 1 fully saturated rings. The SMILES string of the molecule is CCC(C)CC(C)N1C(=O)NC(=O)C1=O. The van der Waals surface area contributed by atoms with E-state index in [-0.39, 0.29) is 6.04 Å². The standard InChI is InChI=1S/C10H16N2O3/c1-4-6(2)5-7(3)12-9(14)8(13)11-10(12)15/h6-7H,4-5H2,1-3H3,(H,11,13,15). The Morgan fingerprint density at radius 1 is 1.27 bits per heavy atom. The van der Waals surface area contributed by atoms with Gasteiger partial charge in [0.15, 0.2) is 0 Å². The fourth-order valence-corrected chi connectivity index (χ4v) is 1.67. The Kier molecular flexibility index (Phi) is 3.44. The number of hydrogen-bond acceptors (Lipinski definition) is 3. The number of hydrogen-bond donors (Lipinski definition) is 1. The first-order chi connectivity index (χ1) is 6.97. The van der Waals surface area contributed by atoms with Crippen LogP contribution in [-0.4, -0.2) is 28.8 Å². The summed E-state index contributed by atoms with van der Waals surface area (Å²) in [5.41, 5.74) is 0. The summed E-state index contributed by atoms with van der Waals surface area (Å²) in [4.78, 5) is 34.5. The van der Waals surface area contributed by atoms with E-state index in [1.54, 1.807) is 6.92 Å². The molecule has 0 aromatic heterocycles. The number of rotatable bonds is 4. The van der Waals surface area contributed by atoms with Gasteiger partial charge in [0.1, 0.15) is 0 Å². The van der Waals surface area contributed by atoms with Crippen LogP contribution in [0.15, 0.2) is 0 Å². The minimum Gasteiger partial charge on any atom is -0.269 e. The van der Waals surface area contributed by atoms with Crippen LogP contribution in [0.1, 0.15) is 33.6 Å². The van der Waals surface area contributed by atoms with E-state index in [9.17, 15) is 14.4 Å². The van der Waals surface area contributed by atoms with Crippen LogP contribution in [-0.2, 0) is 9.59 Å². The molecule has 5 nitrogen and oxygen atoms in total. The van der Waals surface area contributed by atoms with Crippen molar-refractivity contribution < 1.29 is 14.4 Å². The van der Waals surface area contributed by atoms with E-state index in [0.29, 0.717) is 5.92 Å². The Hall–Kier alpha value is -1.39. The minimum atomic E-state index is -0.823. The number of amides is 4. The smallest absolute Gasteiger partial charge is 0.269 e. The predicted molar refractivity (Wildman–Crippen MR) is 53.9 cm³/mol. The van der Waals surface area contributed by atoms with Gasteiger partial charge in [-0.3, -0.25) is 19.8 Å². The summed E-state index contributed by atoms with van der Waals surface area (Å²) in [5.74, 6) is -1.14. The molecule has 0 spiro atoms. The van der Waals surface area contributed by atoms with Gasteiger partial charge in [-0.15, -0.1) is 0 Å². The third-order valence-electron chi connectivity index (χ3n) is 2.73. The van der Waals surface area contributed by atoms with Crippen molar-refractivity contribution in [3.05, 3.63) is 0 Å². The summed E-state index contributed by atoms with van der Waals surface area (Å²) in [5, 5.41) is 1.99. The molecule has 1 heterocycles. The van der Waals surface area contributed by atoms with Gasteiger partial charge in [-0.2, -0.15) is 0 Å². The summed E-state index contributed by atoms with van der Waals surface area (Å²) in [6.07, 6.45) is 1.71. The van der Waals surface area contributed by atoms with Gasteiger partial charge in [0.2, 0.25) is 0 Å². The lowest BCUT2D eigenvalue weighted by Gasteiger charge is -2.22. The van der Waals surface area contributed by atoms with Crippen molar-refractivity contribution in [1.29, 1.82) is 0 Å². The summed E-state index contributed by atoms with van der Waals surface area (Å²) in [6.45, 7) is 5.88. The molecule has 1 N–H and O–H groups in total. The Bertz CT molecular complexity index is 301. The molecule has 0 radical (unpaired) electrons. The summed E-state index contributed by atoms with van der Waals surface area (Å²) in [7, 11) is 0. The van der Waals surface area contributed by atoms with Gasteiger partial charge in [0.25, 0.3) is 0 Å². The zero-order valence-electron chi connectivity index (χ0n) is 9.24. The van der Waals surface area contributed by atoms with Gasteiger partial charge < -0.3 is 0 Å². The fraction of sp³-hybridized carbons (Fsp3) is 0.700. The number of carbonyl (C=O) groups is 3. The first-order valence-electron chi connectivity index (χ1n) is 5.15. The fourth-order valence-electron chi connectivity index (χ4n) is 1.67. The molecule has 1 aliphatic rings. The molecule has 15 heavy (non-hydrogen) atoms. The molecule has 84 valence electrons. The van der Waals surface area contributed by atoms with Gasteiger partial charge in [-0.25, -0.2) is 4.79 Å². The van der Waals surface area contributed by atoms with Crippen LogP contribution < -0.4 is 5.32 Å². The third-order valence-corrected chi connectivity index (χ3v) is 2.73. The van der Waals surface area contributed by atoms with Crippen molar-refractivity contribution in [2.45, 2.75) is 39.7 Å². The first kappa shape index (κ1) is 11.7. The van der Waals surface area contributed by atoms with Gasteiger partial charge >= 0.3 is 17.8 Å². The second kappa shape index (κ2) is 4.42. The third kappa shape index (κ3) is 2.34. The highest BCUT2D eigenvalue weighted by Crippen LogP contribution is 2.16. The van der Waals surface area contributed by atoms with Crippen molar-refractivity contribution in [3.8, 4) is 0 Å². The molecule has 1 saturated heterocycles. The van der Waals surface area contributed by atoms with Crippen LogP contribution in [0.25, 0.3) is 0 Å². The normalized spacial score (nSPS) is 20.5. The summed E-state index contributed by atoms with van der Waals surface area (Å²) >= 11 is 0. The molecule has 4 amide bonds. The van der Waals surface area contributed by atoms with E-state index in [2.05, 4.69) is 13.8 Å². The highest BCUT2D eigenvalue weighted by molar-refractivity contribution is 6.44. The molecule has 5 heteroatoms. The molecule has 2 unspecified atom stereocenters. The molecule has 0 saturated carbocycles. The van der Waals surface area contributed by atoms with Gasteiger partial charge in [0.05, 0.1) is 0 Å². The zero-order valence-corrected chi connectivity index (χ0v) is 9.24. The van der Waals surface area contributed by atoms with E-state index < -0.39 is 17.8 Å². The number of carbonyl (C=O) groups excluding carboxylic acids is 3. The maximum absolute atomic E-state index is 11.3. The van der Waals surface area contributed by atoms with Gasteiger partial charge in [0, 0.05) is 6.04 Å². The highest BCUT2D eigenvalue weighted by Gasteiger charge is 2.39. The van der Waals surface area contributed by atoms with Crippen LogP contribution in [0, 0.1) is 5.92 Å². The largest absolute Gasteiger partial charge is 0.331 e. The lowest BCUT2D eigenvalue weighted by Crippen LogP contribution is -2.39. The van der Waals surface area contributed by atoms with Crippen molar-refractivity contribution in [3.63, 3.8) is 0 Å². The van der Waals surface area contributed by atoms with Crippen molar-refractivity contribution in [2.24, 2.45) is 5.92 Å². The monoisotopic (exact) mass is 212 g/mol. The Morgan fingerprint density at radius 3 is 2.27 bits per heavy atom. The molecule has 0 aromatic carbocycles. The lowest BCUT2D eigenvalue weighted by atomic mass is 9.99. The Morgan fingerprint density at radius 2 is 1.87 bits per heavy atom. The van der Waals surface area contributed by atoms with Crippen LogP contribution in [0.3, 0.4) is 0 Å². The first-order valence-corrected chi connectivity index (χ1v) is 5.15. The number of urea groups is 1. The maximum atomic E-state index is 11.3. The quantitative estimate of drug-likeness (QED) is 0.556. The predicted octanol–water partition coefficient (Wildman–Crippen LogP) is 0.889. The average molecular weight is 212 g/mol. The Labute approximate surface area is 88.8 Å². The second-order valence-corrected chi connectivity index (χ2v) is 4.03.